The Bertz CT molecular complexity index is 914. The number of esters is 1. The van der Waals surface area contributed by atoms with Gasteiger partial charge >= 0.3 is 5.97 Å². The Labute approximate surface area is 159 Å². The lowest BCUT2D eigenvalue weighted by atomic mass is 10.1. The molecule has 1 heterocycles. The minimum absolute atomic E-state index is 0.175. The van der Waals surface area contributed by atoms with Gasteiger partial charge in [-0.25, -0.2) is 4.79 Å². The summed E-state index contributed by atoms with van der Waals surface area (Å²) in [6, 6.07) is 18.3. The van der Waals surface area contributed by atoms with E-state index in [1.165, 1.54) is 5.56 Å². The van der Waals surface area contributed by atoms with Crippen molar-refractivity contribution in [2.75, 3.05) is 0 Å². The van der Waals surface area contributed by atoms with Crippen LogP contribution in [0.5, 0.6) is 0 Å². The lowest BCUT2D eigenvalue weighted by molar-refractivity contribution is -0.173. The third-order valence-electron chi connectivity index (χ3n) is 4.31. The predicted molar refractivity (Wildman–Crippen MR) is 105 cm³/mol. The van der Waals surface area contributed by atoms with Gasteiger partial charge in [-0.05, 0) is 39.3 Å². The van der Waals surface area contributed by atoms with E-state index in [1.807, 2.05) is 61.0 Å². The van der Waals surface area contributed by atoms with Gasteiger partial charge in [-0.15, -0.1) is 0 Å². The van der Waals surface area contributed by atoms with Crippen LogP contribution in [0.4, 0.5) is 0 Å². The van der Waals surface area contributed by atoms with Crippen LogP contribution in [-0.2, 0) is 27.4 Å². The van der Waals surface area contributed by atoms with Gasteiger partial charge in [0.1, 0.15) is 0 Å². The number of carbonyl (C=O) groups is 1. The first-order chi connectivity index (χ1) is 12.9. The summed E-state index contributed by atoms with van der Waals surface area (Å²) in [6.07, 6.45) is -0.175. The number of rotatable bonds is 7. The fraction of sp³-hybridized carbons (Fsp3) is 0.364. The van der Waals surface area contributed by atoms with E-state index in [2.05, 4.69) is 12.1 Å². The maximum absolute atomic E-state index is 12.2. The second-order valence-corrected chi connectivity index (χ2v) is 7.36. The molecule has 0 unspecified atom stereocenters. The minimum atomic E-state index is -1.03. The summed E-state index contributed by atoms with van der Waals surface area (Å²) >= 11 is 0. The molecule has 0 aliphatic rings. The maximum atomic E-state index is 12.2. The van der Waals surface area contributed by atoms with Crippen LogP contribution >= 0.6 is 0 Å². The molecule has 3 aromatic rings. The highest BCUT2D eigenvalue weighted by Gasteiger charge is 2.31. The molecule has 3 rings (SSSR count). The summed E-state index contributed by atoms with van der Waals surface area (Å²) in [6.45, 7) is 8.02. The monoisotopic (exact) mass is 366 g/mol. The molecule has 0 amide bonds. The summed E-state index contributed by atoms with van der Waals surface area (Å²) in [5.74, 6) is -0.370. The summed E-state index contributed by atoms with van der Waals surface area (Å²) < 4.78 is 13.2. The van der Waals surface area contributed by atoms with E-state index in [9.17, 15) is 4.79 Å². The van der Waals surface area contributed by atoms with Crippen molar-refractivity contribution in [3.63, 3.8) is 0 Å². The molecule has 27 heavy (non-hydrogen) atoms. The van der Waals surface area contributed by atoms with Crippen molar-refractivity contribution in [2.24, 2.45) is 0 Å². The van der Waals surface area contributed by atoms with E-state index in [1.54, 1.807) is 13.8 Å². The second kappa shape index (κ2) is 7.92. The topological polar surface area (TPSA) is 53.4 Å². The molecule has 2 aromatic carbocycles. The standard InChI is InChI=1S/C22H26N2O3/c1-16(2)27-21(25)22(3,4)26-15-19-18-12-8-9-13-20(18)24(23-19)14-17-10-6-5-7-11-17/h5-13,16H,14-15H2,1-4H3. The van der Waals surface area contributed by atoms with Crippen molar-refractivity contribution >= 4 is 16.9 Å². The van der Waals surface area contributed by atoms with E-state index in [4.69, 9.17) is 14.6 Å². The van der Waals surface area contributed by atoms with E-state index >= 15 is 0 Å². The van der Waals surface area contributed by atoms with Gasteiger partial charge in [0, 0.05) is 5.39 Å². The third kappa shape index (κ3) is 4.55. The van der Waals surface area contributed by atoms with Crippen LogP contribution in [0.1, 0.15) is 39.0 Å². The number of ether oxygens (including phenoxy) is 2. The van der Waals surface area contributed by atoms with Crippen LogP contribution in [0.25, 0.3) is 10.9 Å². The number of hydrogen-bond donors (Lipinski definition) is 0. The number of carbonyl (C=O) groups excluding carboxylic acids is 1. The number of para-hydroxylation sites is 1. The molecule has 5 heteroatoms. The zero-order chi connectivity index (χ0) is 19.4. The average molecular weight is 366 g/mol. The molecular formula is C22H26N2O3. The largest absolute Gasteiger partial charge is 0.461 e. The first-order valence-electron chi connectivity index (χ1n) is 9.20. The molecule has 0 saturated carbocycles. The van der Waals surface area contributed by atoms with Gasteiger partial charge in [-0.3, -0.25) is 4.68 Å². The lowest BCUT2D eigenvalue weighted by Gasteiger charge is -2.24. The van der Waals surface area contributed by atoms with E-state index < -0.39 is 5.60 Å². The molecule has 0 N–H and O–H groups in total. The summed E-state index contributed by atoms with van der Waals surface area (Å²) in [4.78, 5) is 12.2. The smallest absolute Gasteiger partial charge is 0.338 e. The third-order valence-corrected chi connectivity index (χ3v) is 4.31. The summed E-state index contributed by atoms with van der Waals surface area (Å²) in [5, 5.41) is 5.78. The molecule has 0 atom stereocenters. The van der Waals surface area contributed by atoms with Crippen LogP contribution in [0.3, 0.4) is 0 Å². The highest BCUT2D eigenvalue weighted by atomic mass is 16.6. The summed E-state index contributed by atoms with van der Waals surface area (Å²) in [7, 11) is 0. The zero-order valence-electron chi connectivity index (χ0n) is 16.3. The second-order valence-electron chi connectivity index (χ2n) is 7.36. The molecule has 0 aliphatic carbocycles. The number of nitrogens with zero attached hydrogens (tertiary/aromatic N) is 2. The van der Waals surface area contributed by atoms with Crippen molar-refractivity contribution in [3.8, 4) is 0 Å². The number of hydrogen-bond acceptors (Lipinski definition) is 4. The fourth-order valence-corrected chi connectivity index (χ4v) is 2.84. The summed E-state index contributed by atoms with van der Waals surface area (Å²) in [5.41, 5.74) is 2.00. The molecule has 0 saturated heterocycles. The van der Waals surface area contributed by atoms with Crippen molar-refractivity contribution in [2.45, 2.75) is 52.6 Å². The highest BCUT2D eigenvalue weighted by Crippen LogP contribution is 2.23. The van der Waals surface area contributed by atoms with Gasteiger partial charge in [0.25, 0.3) is 0 Å². The SMILES string of the molecule is CC(C)OC(=O)C(C)(C)OCc1nn(Cc2ccccc2)c2ccccc12. The number of benzene rings is 2. The molecule has 5 nitrogen and oxygen atoms in total. The first-order valence-corrected chi connectivity index (χ1v) is 9.20. The normalized spacial score (nSPS) is 11.9. The van der Waals surface area contributed by atoms with Crippen LogP contribution in [-0.4, -0.2) is 27.5 Å². The first kappa shape index (κ1) is 19.1. The molecule has 0 radical (unpaired) electrons. The molecule has 0 aliphatic heterocycles. The van der Waals surface area contributed by atoms with E-state index in [-0.39, 0.29) is 18.7 Å². The Balaban J connectivity index is 1.82. The van der Waals surface area contributed by atoms with Crippen LogP contribution < -0.4 is 0 Å². The van der Waals surface area contributed by atoms with Gasteiger partial charge in [-0.2, -0.15) is 5.10 Å². The quantitative estimate of drug-likeness (QED) is 0.584. The lowest BCUT2D eigenvalue weighted by Crippen LogP contribution is -2.38. The van der Waals surface area contributed by atoms with Crippen LogP contribution in [0.2, 0.25) is 0 Å². The van der Waals surface area contributed by atoms with E-state index in [0.717, 1.165) is 16.6 Å². The molecule has 0 spiro atoms. The van der Waals surface area contributed by atoms with Gasteiger partial charge < -0.3 is 9.47 Å². The molecule has 142 valence electrons. The molecule has 0 fully saturated rings. The van der Waals surface area contributed by atoms with Crippen LogP contribution in [0.15, 0.2) is 54.6 Å². The van der Waals surface area contributed by atoms with Gasteiger partial charge in [0.15, 0.2) is 5.60 Å². The number of fused-ring (bicyclic) bond motifs is 1. The Morgan fingerprint density at radius 1 is 1.07 bits per heavy atom. The fourth-order valence-electron chi connectivity index (χ4n) is 2.84. The predicted octanol–water partition coefficient (Wildman–Crippen LogP) is 4.33. The maximum Gasteiger partial charge on any atom is 0.338 e. The van der Waals surface area contributed by atoms with Crippen molar-refractivity contribution in [3.05, 3.63) is 65.9 Å². The van der Waals surface area contributed by atoms with Crippen molar-refractivity contribution in [1.29, 1.82) is 0 Å². The van der Waals surface area contributed by atoms with Gasteiger partial charge in [-0.1, -0.05) is 48.5 Å². The van der Waals surface area contributed by atoms with Crippen molar-refractivity contribution < 1.29 is 14.3 Å². The van der Waals surface area contributed by atoms with Gasteiger partial charge in [0.2, 0.25) is 0 Å². The highest BCUT2D eigenvalue weighted by molar-refractivity contribution is 5.82. The Morgan fingerprint density at radius 3 is 2.44 bits per heavy atom. The van der Waals surface area contributed by atoms with Gasteiger partial charge in [0.05, 0.1) is 30.5 Å². The average Bonchev–Trinajstić information content (AvgIpc) is 2.98. The minimum Gasteiger partial charge on any atom is -0.461 e. The number of aromatic nitrogens is 2. The molecule has 1 aromatic heterocycles. The zero-order valence-corrected chi connectivity index (χ0v) is 16.3. The Kier molecular flexibility index (Phi) is 5.61. The molecular weight excluding hydrogens is 340 g/mol. The van der Waals surface area contributed by atoms with Crippen molar-refractivity contribution in [1.82, 2.24) is 9.78 Å². The van der Waals surface area contributed by atoms with Crippen LogP contribution in [0, 0.1) is 0 Å². The Morgan fingerprint density at radius 2 is 1.74 bits per heavy atom. The Hall–Kier alpha value is -2.66. The van der Waals surface area contributed by atoms with E-state index in [0.29, 0.717) is 6.54 Å². The molecule has 0 bridgehead atoms.